The Morgan fingerprint density at radius 3 is 2.70 bits per heavy atom. The summed E-state index contributed by atoms with van der Waals surface area (Å²) in [5.41, 5.74) is -1.96. The molecule has 200 valence electrons. The van der Waals surface area contributed by atoms with E-state index in [4.69, 9.17) is 9.15 Å². The molecule has 1 unspecified atom stereocenters. The first-order valence-electron chi connectivity index (χ1n) is 12.1. The van der Waals surface area contributed by atoms with E-state index in [2.05, 4.69) is 18.1 Å². The Morgan fingerprint density at radius 2 is 1.95 bits per heavy atom. The number of anilines is 2. The van der Waals surface area contributed by atoms with Gasteiger partial charge in [-0.25, -0.2) is 14.2 Å². The third-order valence-electron chi connectivity index (χ3n) is 6.89. The number of nitrogens with zero attached hydrogens (tertiary/aromatic N) is 3. The third kappa shape index (κ3) is 3.27. The second-order valence-electron chi connectivity index (χ2n) is 9.15. The highest BCUT2D eigenvalue weighted by molar-refractivity contribution is 7.17. The van der Waals surface area contributed by atoms with Crippen LogP contribution in [0.5, 0.6) is 0 Å². The molecule has 0 radical (unpaired) electrons. The molecule has 2 aromatic heterocycles. The van der Waals surface area contributed by atoms with Crippen LogP contribution < -0.4 is 15.2 Å². The molecule has 9 nitrogen and oxygen atoms in total. The second-order valence-corrected chi connectivity index (χ2v) is 10.1. The lowest BCUT2D eigenvalue weighted by molar-refractivity contribution is -0.121. The van der Waals surface area contributed by atoms with Crippen LogP contribution in [0.3, 0.4) is 0 Å². The van der Waals surface area contributed by atoms with Gasteiger partial charge in [-0.2, -0.15) is 0 Å². The van der Waals surface area contributed by atoms with E-state index in [0.717, 1.165) is 28.4 Å². The molecule has 2 aliphatic rings. The van der Waals surface area contributed by atoms with Gasteiger partial charge in [-0.3, -0.25) is 19.3 Å². The molecule has 40 heavy (non-hydrogen) atoms. The van der Waals surface area contributed by atoms with Crippen LogP contribution in [0.25, 0.3) is 11.0 Å². The van der Waals surface area contributed by atoms with Crippen molar-refractivity contribution in [3.63, 3.8) is 0 Å². The summed E-state index contributed by atoms with van der Waals surface area (Å²) >= 11 is 0.845. The molecule has 2 aromatic carbocycles. The molecule has 0 saturated carbocycles. The van der Waals surface area contributed by atoms with E-state index in [1.54, 1.807) is 31.2 Å². The minimum atomic E-state index is -2.03. The predicted molar refractivity (Wildman–Crippen MR) is 146 cm³/mol. The van der Waals surface area contributed by atoms with E-state index in [1.165, 1.54) is 23.1 Å². The van der Waals surface area contributed by atoms with Crippen LogP contribution in [0, 0.1) is 12.7 Å². The average molecular weight is 558 g/mol. The number of fused-ring (bicyclic) bond motifs is 5. The van der Waals surface area contributed by atoms with Crippen molar-refractivity contribution in [1.82, 2.24) is 4.98 Å². The molecule has 2 amide bonds. The van der Waals surface area contributed by atoms with E-state index in [9.17, 15) is 23.6 Å². The zero-order chi connectivity index (χ0) is 28.3. The fourth-order valence-corrected chi connectivity index (χ4v) is 6.32. The molecule has 11 heteroatoms. The van der Waals surface area contributed by atoms with Crippen molar-refractivity contribution in [2.45, 2.75) is 12.5 Å². The Bertz CT molecular complexity index is 1860. The van der Waals surface area contributed by atoms with Gasteiger partial charge in [-0.1, -0.05) is 48.3 Å². The molecule has 0 N–H and O–H groups in total. The maximum Gasteiger partial charge on any atom is 0.350 e. The number of esters is 1. The number of rotatable bonds is 6. The zero-order valence-corrected chi connectivity index (χ0v) is 21.9. The first-order valence-corrected chi connectivity index (χ1v) is 13.0. The largest absolute Gasteiger partial charge is 0.457 e. The van der Waals surface area contributed by atoms with Gasteiger partial charge >= 0.3 is 5.97 Å². The van der Waals surface area contributed by atoms with Crippen LogP contribution in [-0.2, 0) is 15.1 Å². The van der Waals surface area contributed by atoms with Gasteiger partial charge in [0.25, 0.3) is 11.8 Å². The van der Waals surface area contributed by atoms with Crippen LogP contribution in [0.4, 0.5) is 15.2 Å². The highest BCUT2D eigenvalue weighted by Crippen LogP contribution is 2.54. The quantitative estimate of drug-likeness (QED) is 0.254. The number of hydrogen-bond donors (Lipinski definition) is 0. The molecule has 4 heterocycles. The minimum absolute atomic E-state index is 0.0128. The van der Waals surface area contributed by atoms with Crippen LogP contribution in [0.15, 0.2) is 77.0 Å². The smallest absolute Gasteiger partial charge is 0.350 e. The molecule has 2 aliphatic heterocycles. The number of hydrogen-bond acceptors (Lipinski definition) is 8. The first kappa shape index (κ1) is 25.4. The molecule has 0 bridgehead atoms. The summed E-state index contributed by atoms with van der Waals surface area (Å²) in [6.07, 6.45) is 2.94. The third-order valence-corrected chi connectivity index (χ3v) is 8.01. The van der Waals surface area contributed by atoms with Crippen molar-refractivity contribution in [2.24, 2.45) is 0 Å². The normalized spacial score (nSPS) is 17.4. The van der Waals surface area contributed by atoms with Crippen molar-refractivity contribution in [2.75, 3.05) is 23.0 Å². The van der Waals surface area contributed by atoms with Crippen molar-refractivity contribution in [1.29, 1.82) is 0 Å². The summed E-state index contributed by atoms with van der Waals surface area (Å²) in [5, 5.41) is -0.137. The summed E-state index contributed by atoms with van der Waals surface area (Å²) in [6.45, 7) is 8.89. The van der Waals surface area contributed by atoms with Crippen LogP contribution >= 0.6 is 11.3 Å². The van der Waals surface area contributed by atoms with E-state index in [1.807, 2.05) is 0 Å². The molecular weight excluding hydrogens is 537 g/mol. The zero-order valence-electron chi connectivity index (χ0n) is 21.1. The maximum atomic E-state index is 14.5. The van der Waals surface area contributed by atoms with Gasteiger partial charge in [0.15, 0.2) is 16.1 Å². The number of carbonyl (C=O) groups is 3. The van der Waals surface area contributed by atoms with Gasteiger partial charge in [0.05, 0.1) is 22.3 Å². The Hall–Kier alpha value is -4.90. The maximum absolute atomic E-state index is 14.5. The van der Waals surface area contributed by atoms with Crippen molar-refractivity contribution < 1.29 is 27.9 Å². The van der Waals surface area contributed by atoms with Gasteiger partial charge in [0.1, 0.15) is 22.9 Å². The molecule has 4 aromatic rings. The van der Waals surface area contributed by atoms with E-state index in [0.29, 0.717) is 11.3 Å². The highest BCUT2D eigenvalue weighted by atomic mass is 32.1. The number of aryl methyl sites for hydroxylation is 1. The fraction of sp³-hybridized carbons (Fsp3) is 0.138. The minimum Gasteiger partial charge on any atom is -0.457 e. The number of halogens is 1. The predicted octanol–water partition coefficient (Wildman–Crippen LogP) is 4.48. The van der Waals surface area contributed by atoms with E-state index >= 15 is 0 Å². The Labute approximate surface area is 230 Å². The van der Waals surface area contributed by atoms with Crippen LogP contribution in [0.1, 0.15) is 37.0 Å². The number of benzene rings is 2. The lowest BCUT2D eigenvalue weighted by Crippen LogP contribution is -2.53. The van der Waals surface area contributed by atoms with E-state index < -0.39 is 34.6 Å². The lowest BCUT2D eigenvalue weighted by Gasteiger charge is -2.32. The SMILES string of the molecule is C=CCOC(=O)c1sc(N2C(=O)c3oc4ccc(F)cc4c(=O)c3C23C(=O)N(CC=C)c2ccccc23)nc1C. The standard InChI is InChI=1S/C29H20FN3O6S/c1-4-12-32-19-9-7-6-8-18(19)29(27(32)37)21-22(34)17-14-16(30)10-11-20(17)39-23(21)25(35)33(29)28-31-15(3)24(40-28)26(36)38-13-5-2/h4-11,14H,1-2,12-13H2,3H3. The summed E-state index contributed by atoms with van der Waals surface area (Å²) in [4.78, 5) is 62.6. The van der Waals surface area contributed by atoms with Gasteiger partial charge in [-0.15, -0.1) is 6.58 Å². The topological polar surface area (TPSA) is 110 Å². The van der Waals surface area contributed by atoms with Gasteiger partial charge in [-0.05, 0) is 31.2 Å². The van der Waals surface area contributed by atoms with Gasteiger partial charge in [0.2, 0.25) is 5.76 Å². The number of amides is 2. The van der Waals surface area contributed by atoms with Crippen molar-refractivity contribution >= 4 is 50.9 Å². The Kier molecular flexibility index (Phi) is 5.77. The average Bonchev–Trinajstić information content (AvgIpc) is 3.53. The Balaban J connectivity index is 1.70. The van der Waals surface area contributed by atoms with Gasteiger partial charge < -0.3 is 14.1 Å². The Morgan fingerprint density at radius 1 is 1.18 bits per heavy atom. The summed E-state index contributed by atoms with van der Waals surface area (Å²) in [6, 6.07) is 10.1. The molecule has 1 spiro atoms. The molecule has 6 rings (SSSR count). The molecule has 0 saturated heterocycles. The first-order chi connectivity index (χ1) is 19.2. The summed E-state index contributed by atoms with van der Waals surface area (Å²) < 4.78 is 25.3. The van der Waals surface area contributed by atoms with Crippen molar-refractivity contribution in [3.05, 3.63) is 111 Å². The van der Waals surface area contributed by atoms with Gasteiger partial charge in [0, 0.05) is 12.1 Å². The molecule has 1 atom stereocenters. The number of carbonyl (C=O) groups excluding carboxylic acids is 3. The second kappa shape index (κ2) is 9.09. The van der Waals surface area contributed by atoms with E-state index in [-0.39, 0.29) is 51.1 Å². The molecule has 0 aliphatic carbocycles. The monoisotopic (exact) mass is 557 g/mol. The summed E-state index contributed by atoms with van der Waals surface area (Å²) in [7, 11) is 0. The van der Waals surface area contributed by atoms with Crippen LogP contribution in [0.2, 0.25) is 0 Å². The number of aromatic nitrogens is 1. The molecular formula is C29H20FN3O6S. The fourth-order valence-electron chi connectivity index (χ4n) is 5.31. The number of thiazole rings is 1. The number of ether oxygens (including phenoxy) is 1. The summed E-state index contributed by atoms with van der Waals surface area (Å²) in [5.74, 6) is -3.15. The molecule has 0 fully saturated rings. The number of para-hydroxylation sites is 1. The van der Waals surface area contributed by atoms with Crippen molar-refractivity contribution in [3.8, 4) is 0 Å². The lowest BCUT2D eigenvalue weighted by atomic mass is 9.84. The van der Waals surface area contributed by atoms with Crippen LogP contribution in [-0.4, -0.2) is 35.9 Å². The highest BCUT2D eigenvalue weighted by Gasteiger charge is 2.66.